The first-order valence-electron chi connectivity index (χ1n) is 8.99. The molecule has 6 nitrogen and oxygen atoms in total. The van der Waals surface area contributed by atoms with Gasteiger partial charge in [-0.15, -0.1) is 0 Å². The number of sulfone groups is 1. The molecule has 0 aliphatic heterocycles. The SMILES string of the molecule is CC1CCCC(NC(=O)CS(=O)(=O)c2nccn2-c2ccccc2)C1C. The van der Waals surface area contributed by atoms with E-state index in [1.165, 1.54) is 10.8 Å². The Morgan fingerprint density at radius 3 is 2.69 bits per heavy atom. The summed E-state index contributed by atoms with van der Waals surface area (Å²) in [5.41, 5.74) is 0.693. The van der Waals surface area contributed by atoms with E-state index < -0.39 is 21.5 Å². The molecule has 3 rings (SSSR count). The molecule has 1 amide bonds. The second-order valence-corrected chi connectivity index (χ2v) is 9.00. The van der Waals surface area contributed by atoms with Gasteiger partial charge in [-0.05, 0) is 30.4 Å². The molecule has 0 bridgehead atoms. The van der Waals surface area contributed by atoms with Gasteiger partial charge < -0.3 is 5.32 Å². The highest BCUT2D eigenvalue weighted by atomic mass is 32.2. The molecule has 0 spiro atoms. The number of aromatic nitrogens is 2. The number of hydrogen-bond acceptors (Lipinski definition) is 4. The summed E-state index contributed by atoms with van der Waals surface area (Å²) in [7, 11) is -3.84. The average molecular weight is 375 g/mol. The molecule has 1 aliphatic rings. The van der Waals surface area contributed by atoms with Crippen molar-refractivity contribution in [2.24, 2.45) is 11.8 Å². The lowest BCUT2D eigenvalue weighted by atomic mass is 9.78. The van der Waals surface area contributed by atoms with E-state index in [9.17, 15) is 13.2 Å². The summed E-state index contributed by atoms with van der Waals surface area (Å²) >= 11 is 0. The highest BCUT2D eigenvalue weighted by Gasteiger charge is 2.31. The van der Waals surface area contributed by atoms with E-state index in [0.717, 1.165) is 19.3 Å². The highest BCUT2D eigenvalue weighted by Crippen LogP contribution is 2.29. The van der Waals surface area contributed by atoms with Gasteiger partial charge in [0.1, 0.15) is 5.75 Å². The van der Waals surface area contributed by atoms with Gasteiger partial charge in [0.05, 0.1) is 0 Å². The van der Waals surface area contributed by atoms with Crippen LogP contribution in [0.2, 0.25) is 0 Å². The van der Waals surface area contributed by atoms with Gasteiger partial charge in [-0.25, -0.2) is 13.4 Å². The largest absolute Gasteiger partial charge is 0.352 e. The van der Waals surface area contributed by atoms with Gasteiger partial charge in [0.25, 0.3) is 0 Å². The maximum absolute atomic E-state index is 12.7. The summed E-state index contributed by atoms with van der Waals surface area (Å²) < 4.78 is 27.0. The first-order valence-corrected chi connectivity index (χ1v) is 10.6. The number of benzene rings is 1. The van der Waals surface area contributed by atoms with Crippen LogP contribution in [0.15, 0.2) is 47.9 Å². The quantitative estimate of drug-likeness (QED) is 0.871. The fourth-order valence-electron chi connectivity index (χ4n) is 3.58. The lowest BCUT2D eigenvalue weighted by molar-refractivity contribution is -0.120. The van der Waals surface area contributed by atoms with Crippen molar-refractivity contribution in [2.45, 2.75) is 44.3 Å². The predicted molar refractivity (Wildman–Crippen MR) is 99.7 cm³/mol. The molecule has 2 aromatic rings. The van der Waals surface area contributed by atoms with Crippen LogP contribution in [0.5, 0.6) is 0 Å². The molecule has 7 heteroatoms. The van der Waals surface area contributed by atoms with E-state index >= 15 is 0 Å². The second-order valence-electron chi connectivity index (χ2n) is 7.12. The third kappa shape index (κ3) is 3.98. The number of rotatable bonds is 5. The Morgan fingerprint density at radius 1 is 1.23 bits per heavy atom. The minimum atomic E-state index is -3.84. The summed E-state index contributed by atoms with van der Waals surface area (Å²) in [6.07, 6.45) is 6.13. The van der Waals surface area contributed by atoms with Crippen LogP contribution in [-0.4, -0.2) is 35.7 Å². The molecule has 1 fully saturated rings. The number of amides is 1. The maximum Gasteiger partial charge on any atom is 0.235 e. The molecule has 1 aromatic carbocycles. The summed E-state index contributed by atoms with van der Waals surface area (Å²) in [6.45, 7) is 4.29. The van der Waals surface area contributed by atoms with Crippen LogP contribution in [0.1, 0.15) is 33.1 Å². The molecule has 3 unspecified atom stereocenters. The fourth-order valence-corrected chi connectivity index (χ4v) is 4.82. The topological polar surface area (TPSA) is 81.1 Å². The summed E-state index contributed by atoms with van der Waals surface area (Å²) in [5, 5.41) is 2.81. The van der Waals surface area contributed by atoms with Gasteiger partial charge in [0.15, 0.2) is 0 Å². The van der Waals surface area contributed by atoms with E-state index in [4.69, 9.17) is 0 Å². The number of hydrogen-bond donors (Lipinski definition) is 1. The van der Waals surface area contributed by atoms with Crippen LogP contribution < -0.4 is 5.32 Å². The number of para-hydroxylation sites is 1. The van der Waals surface area contributed by atoms with Crippen molar-refractivity contribution >= 4 is 15.7 Å². The van der Waals surface area contributed by atoms with Crippen molar-refractivity contribution in [3.8, 4) is 5.69 Å². The number of nitrogens with one attached hydrogen (secondary N) is 1. The lowest BCUT2D eigenvalue weighted by Crippen LogP contribution is -2.45. The molecule has 1 aliphatic carbocycles. The number of nitrogens with zero attached hydrogens (tertiary/aromatic N) is 2. The first kappa shape index (κ1) is 18.6. The van der Waals surface area contributed by atoms with Crippen LogP contribution in [0.25, 0.3) is 5.69 Å². The van der Waals surface area contributed by atoms with Crippen LogP contribution in [-0.2, 0) is 14.6 Å². The molecule has 26 heavy (non-hydrogen) atoms. The van der Waals surface area contributed by atoms with Crippen LogP contribution in [0, 0.1) is 11.8 Å². The summed E-state index contributed by atoms with van der Waals surface area (Å²) in [6, 6.07) is 9.13. The van der Waals surface area contributed by atoms with Gasteiger partial charge in [-0.3, -0.25) is 9.36 Å². The van der Waals surface area contributed by atoms with Gasteiger partial charge in [0, 0.05) is 24.1 Å². The normalized spacial score (nSPS) is 23.5. The van der Waals surface area contributed by atoms with Crippen molar-refractivity contribution in [1.29, 1.82) is 0 Å². The molecule has 1 N–H and O–H groups in total. The van der Waals surface area contributed by atoms with E-state index in [1.54, 1.807) is 18.3 Å². The van der Waals surface area contributed by atoms with E-state index in [-0.39, 0.29) is 11.2 Å². The van der Waals surface area contributed by atoms with Gasteiger partial charge in [-0.1, -0.05) is 44.9 Å². The maximum atomic E-state index is 12.7. The average Bonchev–Trinajstić information content (AvgIpc) is 3.10. The van der Waals surface area contributed by atoms with Crippen molar-refractivity contribution in [1.82, 2.24) is 14.9 Å². The number of carbonyl (C=O) groups is 1. The zero-order valence-electron chi connectivity index (χ0n) is 15.1. The molecule has 1 aromatic heterocycles. The Hall–Kier alpha value is -2.15. The number of carbonyl (C=O) groups excluding carboxylic acids is 1. The smallest absolute Gasteiger partial charge is 0.235 e. The van der Waals surface area contributed by atoms with Gasteiger partial charge in [-0.2, -0.15) is 0 Å². The Labute approximate surface area is 154 Å². The van der Waals surface area contributed by atoms with Crippen LogP contribution in [0.3, 0.4) is 0 Å². The van der Waals surface area contributed by atoms with Gasteiger partial charge in [0.2, 0.25) is 20.9 Å². The summed E-state index contributed by atoms with van der Waals surface area (Å²) in [5.74, 6) is -0.169. The third-order valence-corrected chi connectivity index (χ3v) is 6.79. The molecule has 140 valence electrons. The highest BCUT2D eigenvalue weighted by molar-refractivity contribution is 7.92. The standard InChI is InChI=1S/C19H25N3O3S/c1-14-7-6-10-17(15(14)2)21-18(23)13-26(24,25)19-20-11-12-22(19)16-8-4-3-5-9-16/h3-5,8-9,11-12,14-15,17H,6-7,10,13H2,1-2H3,(H,21,23). The van der Waals surface area contributed by atoms with Crippen LogP contribution in [0.4, 0.5) is 0 Å². The zero-order chi connectivity index (χ0) is 18.7. The number of imidazole rings is 1. The Morgan fingerprint density at radius 2 is 1.96 bits per heavy atom. The van der Waals surface area contributed by atoms with Crippen molar-refractivity contribution in [3.05, 3.63) is 42.7 Å². The molecular weight excluding hydrogens is 350 g/mol. The predicted octanol–water partition coefficient (Wildman–Crippen LogP) is 2.59. The second kappa shape index (κ2) is 7.61. The van der Waals surface area contributed by atoms with Crippen LogP contribution >= 0.6 is 0 Å². The molecule has 0 radical (unpaired) electrons. The van der Waals surface area contributed by atoms with E-state index in [2.05, 4.69) is 24.1 Å². The molecule has 1 saturated carbocycles. The lowest BCUT2D eigenvalue weighted by Gasteiger charge is -2.34. The third-order valence-electron chi connectivity index (χ3n) is 5.29. The van der Waals surface area contributed by atoms with E-state index in [0.29, 0.717) is 17.5 Å². The molecular formula is C19H25N3O3S. The Balaban J connectivity index is 1.74. The molecule has 1 heterocycles. The monoisotopic (exact) mass is 375 g/mol. The molecule has 0 saturated heterocycles. The Bertz CT molecular complexity index is 861. The van der Waals surface area contributed by atoms with Crippen molar-refractivity contribution in [3.63, 3.8) is 0 Å². The fraction of sp³-hybridized carbons (Fsp3) is 0.474. The van der Waals surface area contributed by atoms with Crippen molar-refractivity contribution in [2.75, 3.05) is 5.75 Å². The minimum Gasteiger partial charge on any atom is -0.352 e. The Kier molecular flexibility index (Phi) is 5.46. The van der Waals surface area contributed by atoms with Crippen molar-refractivity contribution < 1.29 is 13.2 Å². The molecule has 3 atom stereocenters. The summed E-state index contributed by atoms with van der Waals surface area (Å²) in [4.78, 5) is 16.4. The first-order chi connectivity index (χ1) is 12.4. The van der Waals surface area contributed by atoms with Gasteiger partial charge >= 0.3 is 0 Å². The minimum absolute atomic E-state index is 0.0373. The van der Waals surface area contributed by atoms with E-state index in [1.807, 2.05) is 18.2 Å². The zero-order valence-corrected chi connectivity index (χ0v) is 15.9.